The predicted octanol–water partition coefficient (Wildman–Crippen LogP) is 3.82. The Morgan fingerprint density at radius 3 is 2.39 bits per heavy atom. The first kappa shape index (κ1) is 14.8. The maximum absolute atomic E-state index is 11.1. The maximum Gasteiger partial charge on any atom is 0.309 e. The van der Waals surface area contributed by atoms with Crippen molar-refractivity contribution in [3.8, 4) is 5.75 Å². The highest BCUT2D eigenvalue weighted by atomic mass is 35.5. The molecule has 0 amide bonds. The van der Waals surface area contributed by atoms with Gasteiger partial charge in [0.25, 0.3) is 0 Å². The summed E-state index contributed by atoms with van der Waals surface area (Å²) in [5.41, 5.74) is 0.642. The number of rotatable bonds is 4. The molecule has 0 fully saturated rings. The summed E-state index contributed by atoms with van der Waals surface area (Å²) in [6.45, 7) is 7.30. The van der Waals surface area contributed by atoms with E-state index in [2.05, 4.69) is 0 Å². The van der Waals surface area contributed by atoms with E-state index >= 15 is 0 Å². The number of benzene rings is 1. The fourth-order valence-corrected chi connectivity index (χ4v) is 1.95. The minimum absolute atomic E-state index is 0.0182. The van der Waals surface area contributed by atoms with E-state index in [0.717, 1.165) is 5.56 Å². The zero-order chi connectivity index (χ0) is 14.1. The summed E-state index contributed by atoms with van der Waals surface area (Å²) < 4.78 is 0. The van der Waals surface area contributed by atoms with Gasteiger partial charge in [-0.2, -0.15) is 0 Å². The first-order chi connectivity index (χ1) is 8.15. The van der Waals surface area contributed by atoms with Crippen LogP contribution in [0.4, 0.5) is 0 Å². The van der Waals surface area contributed by atoms with Crippen molar-refractivity contribution in [3.05, 3.63) is 28.3 Å². The molecule has 0 bridgehead atoms. The standard InChI is InChI=1S/C14H19ClO3/c1-8(2)9-5-10(12(16)11(15)6-9)7-14(3,4)13(17)18/h5-6,8,16H,7H2,1-4H3,(H,17,18). The van der Waals surface area contributed by atoms with Crippen molar-refractivity contribution in [2.45, 2.75) is 40.0 Å². The molecular weight excluding hydrogens is 252 g/mol. The molecule has 100 valence electrons. The Morgan fingerprint density at radius 1 is 1.39 bits per heavy atom. The Kier molecular flexibility index (Phi) is 4.28. The number of carbonyl (C=O) groups is 1. The van der Waals surface area contributed by atoms with Crippen molar-refractivity contribution in [2.24, 2.45) is 5.41 Å². The highest BCUT2D eigenvalue weighted by molar-refractivity contribution is 6.32. The molecule has 0 radical (unpaired) electrons. The number of hydrogen-bond donors (Lipinski definition) is 2. The van der Waals surface area contributed by atoms with Crippen LogP contribution in [0.2, 0.25) is 5.02 Å². The van der Waals surface area contributed by atoms with E-state index in [-0.39, 0.29) is 23.1 Å². The van der Waals surface area contributed by atoms with E-state index in [9.17, 15) is 9.90 Å². The Hall–Kier alpha value is -1.22. The predicted molar refractivity (Wildman–Crippen MR) is 72.3 cm³/mol. The molecule has 1 aromatic carbocycles. The van der Waals surface area contributed by atoms with Crippen LogP contribution < -0.4 is 0 Å². The number of halogens is 1. The van der Waals surface area contributed by atoms with Gasteiger partial charge in [0.2, 0.25) is 0 Å². The zero-order valence-corrected chi connectivity index (χ0v) is 11.9. The first-order valence-electron chi connectivity index (χ1n) is 5.90. The highest BCUT2D eigenvalue weighted by Crippen LogP contribution is 2.35. The van der Waals surface area contributed by atoms with Gasteiger partial charge >= 0.3 is 5.97 Å². The molecule has 0 heterocycles. The molecule has 0 unspecified atom stereocenters. The number of aromatic hydroxyl groups is 1. The summed E-state index contributed by atoms with van der Waals surface area (Å²) >= 11 is 5.97. The minimum atomic E-state index is -0.934. The number of hydrogen-bond acceptors (Lipinski definition) is 2. The highest BCUT2D eigenvalue weighted by Gasteiger charge is 2.29. The molecular formula is C14H19ClO3. The molecule has 0 aliphatic carbocycles. The van der Waals surface area contributed by atoms with Gasteiger partial charge in [-0.15, -0.1) is 0 Å². The van der Waals surface area contributed by atoms with E-state index in [0.29, 0.717) is 5.56 Å². The molecule has 0 aliphatic rings. The third-order valence-corrected chi connectivity index (χ3v) is 3.33. The molecule has 4 heteroatoms. The summed E-state index contributed by atoms with van der Waals surface area (Å²) in [4.78, 5) is 11.1. The lowest BCUT2D eigenvalue weighted by molar-refractivity contribution is -0.146. The van der Waals surface area contributed by atoms with Crippen LogP contribution in [0.3, 0.4) is 0 Å². The number of aliphatic carboxylic acids is 1. The number of carboxylic acids is 1. The van der Waals surface area contributed by atoms with Crippen LogP contribution in [0.15, 0.2) is 12.1 Å². The molecule has 0 saturated carbocycles. The van der Waals surface area contributed by atoms with Crippen molar-refractivity contribution in [3.63, 3.8) is 0 Å². The first-order valence-corrected chi connectivity index (χ1v) is 6.27. The smallest absolute Gasteiger partial charge is 0.309 e. The monoisotopic (exact) mass is 270 g/mol. The van der Waals surface area contributed by atoms with Crippen molar-refractivity contribution in [2.75, 3.05) is 0 Å². The molecule has 18 heavy (non-hydrogen) atoms. The van der Waals surface area contributed by atoms with Gasteiger partial charge in [-0.25, -0.2) is 0 Å². The Bertz CT molecular complexity index is 464. The topological polar surface area (TPSA) is 57.5 Å². The second kappa shape index (κ2) is 5.19. The summed E-state index contributed by atoms with van der Waals surface area (Å²) in [7, 11) is 0. The van der Waals surface area contributed by atoms with Crippen molar-refractivity contribution in [1.29, 1.82) is 0 Å². The minimum Gasteiger partial charge on any atom is -0.506 e. The van der Waals surface area contributed by atoms with Crippen molar-refractivity contribution < 1.29 is 15.0 Å². The number of phenolic OH excluding ortho intramolecular Hbond substituents is 1. The molecule has 1 aromatic rings. The second-order valence-electron chi connectivity index (χ2n) is 5.53. The fraction of sp³-hybridized carbons (Fsp3) is 0.500. The van der Waals surface area contributed by atoms with E-state index in [1.54, 1.807) is 19.9 Å². The lowest BCUT2D eigenvalue weighted by atomic mass is 9.84. The summed E-state index contributed by atoms with van der Waals surface area (Å²) in [6, 6.07) is 3.55. The van der Waals surface area contributed by atoms with Crippen LogP contribution in [0.5, 0.6) is 5.75 Å². The lowest BCUT2D eigenvalue weighted by Crippen LogP contribution is -2.26. The van der Waals surface area contributed by atoms with Gasteiger partial charge < -0.3 is 10.2 Å². The largest absolute Gasteiger partial charge is 0.506 e. The van der Waals surface area contributed by atoms with Crippen molar-refractivity contribution >= 4 is 17.6 Å². The number of phenols is 1. The van der Waals surface area contributed by atoms with E-state index in [1.807, 2.05) is 19.9 Å². The molecule has 0 saturated heterocycles. The van der Waals surface area contributed by atoms with E-state index in [1.165, 1.54) is 0 Å². The fourth-order valence-electron chi connectivity index (χ4n) is 1.70. The van der Waals surface area contributed by atoms with Crippen LogP contribution in [0.1, 0.15) is 44.7 Å². The normalized spacial score (nSPS) is 11.9. The zero-order valence-electron chi connectivity index (χ0n) is 11.1. The Morgan fingerprint density at radius 2 is 1.94 bits per heavy atom. The lowest BCUT2D eigenvalue weighted by Gasteiger charge is -2.21. The SMILES string of the molecule is CC(C)c1cc(Cl)c(O)c(CC(C)(C)C(=O)O)c1. The summed E-state index contributed by atoms with van der Waals surface area (Å²) in [5, 5.41) is 19.3. The van der Waals surface area contributed by atoms with Crippen LogP contribution in [-0.2, 0) is 11.2 Å². The van der Waals surface area contributed by atoms with Crippen LogP contribution in [0, 0.1) is 5.41 Å². The van der Waals surface area contributed by atoms with Gasteiger partial charge in [0, 0.05) is 0 Å². The molecule has 3 nitrogen and oxygen atoms in total. The quantitative estimate of drug-likeness (QED) is 0.874. The number of carboxylic acid groups (broad SMARTS) is 1. The van der Waals surface area contributed by atoms with Gasteiger partial charge in [-0.1, -0.05) is 31.5 Å². The summed E-state index contributed by atoms with van der Waals surface area (Å²) in [6.07, 6.45) is 0.244. The van der Waals surface area contributed by atoms with Gasteiger partial charge in [0.05, 0.1) is 10.4 Å². The van der Waals surface area contributed by atoms with Crippen molar-refractivity contribution in [1.82, 2.24) is 0 Å². The van der Waals surface area contributed by atoms with Gasteiger partial charge in [0.15, 0.2) is 0 Å². The van der Waals surface area contributed by atoms with Crippen LogP contribution in [-0.4, -0.2) is 16.2 Å². The average molecular weight is 271 g/mol. The Labute approximate surface area is 112 Å². The third-order valence-electron chi connectivity index (χ3n) is 3.04. The van der Waals surface area contributed by atoms with Crippen LogP contribution >= 0.6 is 11.6 Å². The van der Waals surface area contributed by atoms with Crippen LogP contribution in [0.25, 0.3) is 0 Å². The van der Waals surface area contributed by atoms with E-state index in [4.69, 9.17) is 16.7 Å². The molecule has 0 aromatic heterocycles. The Balaban J connectivity index is 3.20. The summed E-state index contributed by atoms with van der Waals surface area (Å²) in [5.74, 6) is -0.641. The average Bonchev–Trinajstić information content (AvgIpc) is 2.23. The third kappa shape index (κ3) is 3.16. The molecule has 2 N–H and O–H groups in total. The molecule has 0 spiro atoms. The van der Waals surface area contributed by atoms with Gasteiger partial charge in [-0.3, -0.25) is 4.79 Å². The molecule has 1 rings (SSSR count). The van der Waals surface area contributed by atoms with Gasteiger partial charge in [0.1, 0.15) is 5.75 Å². The molecule has 0 atom stereocenters. The maximum atomic E-state index is 11.1. The molecule has 0 aliphatic heterocycles. The van der Waals surface area contributed by atoms with E-state index < -0.39 is 11.4 Å². The second-order valence-corrected chi connectivity index (χ2v) is 5.94. The van der Waals surface area contributed by atoms with Gasteiger partial charge in [-0.05, 0) is 43.4 Å².